The van der Waals surface area contributed by atoms with Gasteiger partial charge in [-0.2, -0.15) is 0 Å². The first-order valence-corrected chi connectivity index (χ1v) is 5.65. The van der Waals surface area contributed by atoms with Crippen molar-refractivity contribution in [1.82, 2.24) is 0 Å². The molecule has 0 aromatic carbocycles. The summed E-state index contributed by atoms with van der Waals surface area (Å²) in [4.78, 5) is 12.3. The van der Waals surface area contributed by atoms with Gasteiger partial charge in [0.1, 0.15) is 5.78 Å². The van der Waals surface area contributed by atoms with Crippen LogP contribution in [0.4, 0.5) is 0 Å². The molecule has 1 atom stereocenters. The molecule has 0 saturated heterocycles. The normalized spacial score (nSPS) is 12.7. The number of Topliss-reactive ketones (excluding diaryl/α,β-unsaturated/α-hetero) is 1. The Morgan fingerprint density at radius 1 is 1.64 bits per heavy atom. The van der Waals surface area contributed by atoms with Gasteiger partial charge in [0, 0.05) is 18.4 Å². The fourth-order valence-electron chi connectivity index (χ4n) is 1.38. The molecule has 0 aliphatic rings. The average Bonchev–Trinajstić information content (AvgIpc) is 2.64. The lowest BCUT2D eigenvalue weighted by Crippen LogP contribution is -2.15. The number of ether oxygens (including phenoxy) is 1. The molecular formula is C11H16O2S. The summed E-state index contributed by atoms with van der Waals surface area (Å²) < 4.78 is 5.24. The largest absolute Gasteiger partial charge is 0.381 e. The maximum Gasteiger partial charge on any atom is 0.132 e. The molecule has 14 heavy (non-hydrogen) atoms. The van der Waals surface area contributed by atoms with Crippen LogP contribution >= 0.6 is 11.3 Å². The van der Waals surface area contributed by atoms with Gasteiger partial charge >= 0.3 is 0 Å². The molecule has 1 rings (SSSR count). The first kappa shape index (κ1) is 11.4. The zero-order chi connectivity index (χ0) is 10.4. The number of thiophene rings is 1. The van der Waals surface area contributed by atoms with E-state index >= 15 is 0 Å². The molecule has 0 aliphatic heterocycles. The van der Waals surface area contributed by atoms with Crippen LogP contribution in [0, 0.1) is 0 Å². The van der Waals surface area contributed by atoms with Gasteiger partial charge in [-0.05, 0) is 31.2 Å². The van der Waals surface area contributed by atoms with Gasteiger partial charge < -0.3 is 4.74 Å². The van der Waals surface area contributed by atoms with Crippen molar-refractivity contribution in [3.05, 3.63) is 22.4 Å². The van der Waals surface area contributed by atoms with Crippen LogP contribution < -0.4 is 0 Å². The van der Waals surface area contributed by atoms with E-state index in [2.05, 4.69) is 11.4 Å². The Morgan fingerprint density at radius 3 is 2.93 bits per heavy atom. The number of ketones is 1. The monoisotopic (exact) mass is 212 g/mol. The van der Waals surface area contributed by atoms with Gasteiger partial charge in [0.25, 0.3) is 0 Å². The molecule has 1 aromatic rings. The third-order valence-corrected chi connectivity index (χ3v) is 3.08. The molecule has 2 nitrogen and oxygen atoms in total. The van der Waals surface area contributed by atoms with Gasteiger partial charge in [-0.1, -0.05) is 6.07 Å². The highest BCUT2D eigenvalue weighted by atomic mass is 32.1. The van der Waals surface area contributed by atoms with Crippen LogP contribution in [0.3, 0.4) is 0 Å². The summed E-state index contributed by atoms with van der Waals surface area (Å²) in [6.45, 7) is 1.61. The Kier molecular flexibility index (Phi) is 4.84. The van der Waals surface area contributed by atoms with Crippen molar-refractivity contribution in [2.24, 2.45) is 0 Å². The lowest BCUT2D eigenvalue weighted by atomic mass is 10.1. The van der Waals surface area contributed by atoms with E-state index < -0.39 is 0 Å². The summed E-state index contributed by atoms with van der Waals surface area (Å²) in [5.41, 5.74) is 0. The fourth-order valence-corrected chi connectivity index (χ4v) is 2.11. The van der Waals surface area contributed by atoms with Crippen molar-refractivity contribution < 1.29 is 9.53 Å². The Hall–Kier alpha value is -0.670. The molecule has 1 aromatic heterocycles. The molecule has 0 amide bonds. The van der Waals surface area contributed by atoms with Crippen molar-refractivity contribution in [2.45, 2.75) is 32.3 Å². The molecule has 0 spiro atoms. The van der Waals surface area contributed by atoms with Crippen LogP contribution in [0.2, 0.25) is 0 Å². The van der Waals surface area contributed by atoms with Gasteiger partial charge in [-0.15, -0.1) is 11.3 Å². The maximum absolute atomic E-state index is 10.9. The average molecular weight is 212 g/mol. The summed E-state index contributed by atoms with van der Waals surface area (Å²) in [5.74, 6) is 0.197. The topological polar surface area (TPSA) is 26.3 Å². The highest BCUT2D eigenvalue weighted by Crippen LogP contribution is 2.14. The number of aryl methyl sites for hydroxylation is 1. The molecule has 0 bridgehead atoms. The minimum Gasteiger partial charge on any atom is -0.381 e. The zero-order valence-electron chi connectivity index (χ0n) is 8.66. The second kappa shape index (κ2) is 5.94. The van der Waals surface area contributed by atoms with Gasteiger partial charge in [0.05, 0.1) is 6.10 Å². The van der Waals surface area contributed by atoms with Gasteiger partial charge in [-0.3, -0.25) is 4.79 Å². The van der Waals surface area contributed by atoms with Gasteiger partial charge in [0.15, 0.2) is 0 Å². The Labute approximate surface area is 88.9 Å². The number of rotatable bonds is 6. The predicted octanol–water partition coefficient (Wildman–Crippen LogP) is 2.67. The van der Waals surface area contributed by atoms with E-state index in [1.54, 1.807) is 25.4 Å². The molecule has 0 N–H and O–H groups in total. The first-order chi connectivity index (χ1) is 6.72. The summed E-state index contributed by atoms with van der Waals surface area (Å²) in [7, 11) is 1.67. The quantitative estimate of drug-likeness (QED) is 0.724. The minimum atomic E-state index is 0.0783. The van der Waals surface area contributed by atoms with Gasteiger partial charge in [-0.25, -0.2) is 0 Å². The van der Waals surface area contributed by atoms with Crippen molar-refractivity contribution in [2.75, 3.05) is 7.11 Å². The second-order valence-electron chi connectivity index (χ2n) is 3.38. The van der Waals surface area contributed by atoms with E-state index in [4.69, 9.17) is 4.74 Å². The molecule has 1 unspecified atom stereocenters. The van der Waals surface area contributed by atoms with E-state index in [9.17, 15) is 4.79 Å². The highest BCUT2D eigenvalue weighted by Gasteiger charge is 2.10. The lowest BCUT2D eigenvalue weighted by molar-refractivity contribution is -0.119. The highest BCUT2D eigenvalue weighted by molar-refractivity contribution is 7.09. The molecule has 0 saturated carbocycles. The SMILES string of the molecule is COC(CCc1cccs1)CC(C)=O. The Balaban J connectivity index is 2.30. The van der Waals surface area contributed by atoms with Crippen LogP contribution in [-0.4, -0.2) is 19.0 Å². The molecule has 0 aliphatic carbocycles. The molecule has 0 fully saturated rings. The standard InChI is InChI=1S/C11H16O2S/c1-9(12)8-10(13-2)5-6-11-4-3-7-14-11/h3-4,7,10H,5-6,8H2,1-2H3. The number of hydrogen-bond acceptors (Lipinski definition) is 3. The third-order valence-electron chi connectivity index (χ3n) is 2.14. The van der Waals surface area contributed by atoms with Gasteiger partial charge in [0.2, 0.25) is 0 Å². The van der Waals surface area contributed by atoms with Crippen LogP contribution in [0.5, 0.6) is 0 Å². The van der Waals surface area contributed by atoms with Crippen molar-refractivity contribution in [1.29, 1.82) is 0 Å². The number of carbonyl (C=O) groups excluding carboxylic acids is 1. The van der Waals surface area contributed by atoms with Crippen molar-refractivity contribution in [3.8, 4) is 0 Å². The maximum atomic E-state index is 10.9. The number of methoxy groups -OCH3 is 1. The second-order valence-corrected chi connectivity index (χ2v) is 4.41. The van der Waals surface area contributed by atoms with E-state index in [1.807, 2.05) is 6.07 Å². The summed E-state index contributed by atoms with van der Waals surface area (Å²) >= 11 is 1.75. The van der Waals surface area contributed by atoms with Crippen LogP contribution in [-0.2, 0) is 16.0 Å². The molecule has 78 valence electrons. The fraction of sp³-hybridized carbons (Fsp3) is 0.545. The Morgan fingerprint density at radius 2 is 2.43 bits per heavy atom. The molecule has 0 radical (unpaired) electrons. The third kappa shape index (κ3) is 4.03. The number of hydrogen-bond donors (Lipinski definition) is 0. The number of carbonyl (C=O) groups is 1. The predicted molar refractivity (Wildman–Crippen MR) is 58.7 cm³/mol. The molecule has 3 heteroatoms. The minimum absolute atomic E-state index is 0.0783. The zero-order valence-corrected chi connectivity index (χ0v) is 9.47. The smallest absolute Gasteiger partial charge is 0.132 e. The summed E-state index contributed by atoms with van der Waals surface area (Å²) in [6, 6.07) is 4.16. The summed E-state index contributed by atoms with van der Waals surface area (Å²) in [6.07, 6.45) is 2.54. The van der Waals surface area contributed by atoms with E-state index in [0.717, 1.165) is 12.8 Å². The van der Waals surface area contributed by atoms with E-state index in [-0.39, 0.29) is 11.9 Å². The van der Waals surface area contributed by atoms with E-state index in [0.29, 0.717) is 6.42 Å². The van der Waals surface area contributed by atoms with Crippen LogP contribution in [0.25, 0.3) is 0 Å². The Bertz CT molecular complexity index is 267. The van der Waals surface area contributed by atoms with Crippen LogP contribution in [0.1, 0.15) is 24.6 Å². The van der Waals surface area contributed by atoms with Crippen molar-refractivity contribution >= 4 is 17.1 Å². The van der Waals surface area contributed by atoms with Crippen molar-refractivity contribution in [3.63, 3.8) is 0 Å². The summed E-state index contributed by atoms with van der Waals surface area (Å²) in [5, 5.41) is 2.07. The first-order valence-electron chi connectivity index (χ1n) is 4.77. The lowest BCUT2D eigenvalue weighted by Gasteiger charge is -2.12. The van der Waals surface area contributed by atoms with E-state index in [1.165, 1.54) is 4.88 Å². The molecular weight excluding hydrogens is 196 g/mol. The molecule has 1 heterocycles. The van der Waals surface area contributed by atoms with Crippen LogP contribution in [0.15, 0.2) is 17.5 Å².